The summed E-state index contributed by atoms with van der Waals surface area (Å²) in [5.74, 6) is -0.871. The van der Waals surface area contributed by atoms with Crippen LogP contribution in [0.4, 0.5) is 0 Å². The van der Waals surface area contributed by atoms with Gasteiger partial charge in [0.15, 0.2) is 6.10 Å². The van der Waals surface area contributed by atoms with Gasteiger partial charge in [-0.25, -0.2) is 4.57 Å². The Morgan fingerprint density at radius 2 is 0.733 bits per heavy atom. The molecule has 75 heavy (non-hydrogen) atoms. The van der Waals surface area contributed by atoms with Gasteiger partial charge in [-0.1, -0.05) is 292 Å². The van der Waals surface area contributed by atoms with E-state index in [0.717, 1.165) is 70.6 Å². The molecular weight excluding hydrogens is 954 g/mol. The molecule has 0 aromatic rings. The number of ether oxygens (including phenoxy) is 2. The van der Waals surface area contributed by atoms with Gasteiger partial charge >= 0.3 is 19.8 Å². The van der Waals surface area contributed by atoms with Gasteiger partial charge in [0.1, 0.15) is 6.61 Å². The van der Waals surface area contributed by atoms with Gasteiger partial charge in [-0.2, -0.15) is 0 Å². The van der Waals surface area contributed by atoms with Crippen molar-refractivity contribution < 1.29 is 37.6 Å². The minimum Gasteiger partial charge on any atom is -0.462 e. The predicted octanol–water partition coefficient (Wildman–Crippen LogP) is 20.1. The van der Waals surface area contributed by atoms with E-state index in [1.165, 1.54) is 193 Å². The van der Waals surface area contributed by atoms with Gasteiger partial charge in [0.05, 0.1) is 13.2 Å². The highest BCUT2D eigenvalue weighted by Gasteiger charge is 2.26. The molecule has 0 bridgehead atoms. The van der Waals surface area contributed by atoms with E-state index in [1.54, 1.807) is 0 Å². The fraction of sp³-hybridized carbons (Fsp3) is 0.785. The third-order valence-electron chi connectivity index (χ3n) is 13.6. The van der Waals surface area contributed by atoms with Crippen LogP contribution in [0.1, 0.15) is 296 Å². The van der Waals surface area contributed by atoms with Crippen molar-refractivity contribution in [2.45, 2.75) is 302 Å². The number of hydrogen-bond donors (Lipinski definition) is 2. The van der Waals surface area contributed by atoms with E-state index in [9.17, 15) is 19.0 Å². The molecule has 0 aromatic heterocycles. The Hall–Kier alpha value is -2.55. The normalized spacial score (nSPS) is 13.5. The Bertz CT molecular complexity index is 1460. The number of esters is 2. The molecule has 0 aliphatic carbocycles. The van der Waals surface area contributed by atoms with E-state index in [0.29, 0.717) is 6.42 Å². The second kappa shape index (κ2) is 60.7. The molecule has 0 aliphatic heterocycles. The fourth-order valence-electron chi connectivity index (χ4n) is 9.00. The van der Waals surface area contributed by atoms with E-state index in [4.69, 9.17) is 24.3 Å². The van der Waals surface area contributed by atoms with Crippen LogP contribution < -0.4 is 5.73 Å². The van der Waals surface area contributed by atoms with Gasteiger partial charge in [-0.05, 0) is 64.2 Å². The van der Waals surface area contributed by atoms with Crippen molar-refractivity contribution in [2.75, 3.05) is 26.4 Å². The highest BCUT2D eigenvalue weighted by Crippen LogP contribution is 2.43. The molecule has 9 nitrogen and oxygen atoms in total. The topological polar surface area (TPSA) is 134 Å². The third-order valence-corrected chi connectivity index (χ3v) is 14.6. The molecule has 436 valence electrons. The van der Waals surface area contributed by atoms with Crippen molar-refractivity contribution in [3.8, 4) is 0 Å². The Morgan fingerprint density at radius 3 is 1.09 bits per heavy atom. The first-order valence-corrected chi connectivity index (χ1v) is 32.9. The summed E-state index contributed by atoms with van der Waals surface area (Å²) in [6, 6.07) is 0. The maximum absolute atomic E-state index is 12.7. The summed E-state index contributed by atoms with van der Waals surface area (Å²) in [6.07, 6.45) is 78.5. The lowest BCUT2D eigenvalue weighted by molar-refractivity contribution is -0.161. The molecule has 0 heterocycles. The number of rotatable bonds is 59. The van der Waals surface area contributed by atoms with E-state index >= 15 is 0 Å². The van der Waals surface area contributed by atoms with E-state index < -0.39 is 26.5 Å². The molecule has 2 unspecified atom stereocenters. The molecular formula is C65H118NO8P. The quantitative estimate of drug-likeness (QED) is 0.0264. The number of phosphoric ester groups is 1. The average molecular weight is 1070 g/mol. The number of unbranched alkanes of at least 4 members (excludes halogenated alkanes) is 34. The van der Waals surface area contributed by atoms with Crippen molar-refractivity contribution in [1.82, 2.24) is 0 Å². The maximum Gasteiger partial charge on any atom is 0.472 e. The summed E-state index contributed by atoms with van der Waals surface area (Å²) in [6.45, 7) is 3.61. The Labute approximate surface area is 462 Å². The number of carbonyl (C=O) groups is 2. The fourth-order valence-corrected chi connectivity index (χ4v) is 9.76. The molecule has 10 heteroatoms. The highest BCUT2D eigenvalue weighted by molar-refractivity contribution is 7.47. The molecule has 0 saturated heterocycles. The van der Waals surface area contributed by atoms with Crippen LogP contribution >= 0.6 is 7.82 Å². The van der Waals surface area contributed by atoms with Crippen LogP contribution in [0.3, 0.4) is 0 Å². The van der Waals surface area contributed by atoms with Crippen LogP contribution in [-0.4, -0.2) is 49.3 Å². The number of nitrogens with two attached hydrogens (primary N) is 1. The Kier molecular flexibility index (Phi) is 58.6. The molecule has 0 aromatic carbocycles. The second-order valence-corrected chi connectivity index (χ2v) is 22.4. The largest absolute Gasteiger partial charge is 0.472 e. The molecule has 0 spiro atoms. The van der Waals surface area contributed by atoms with E-state index in [2.05, 4.69) is 86.8 Å². The molecule has 0 amide bonds. The van der Waals surface area contributed by atoms with Gasteiger partial charge in [-0.3, -0.25) is 18.6 Å². The first-order chi connectivity index (χ1) is 36.8. The van der Waals surface area contributed by atoms with Gasteiger partial charge < -0.3 is 20.1 Å². The van der Waals surface area contributed by atoms with Gasteiger partial charge in [0.25, 0.3) is 0 Å². The van der Waals surface area contributed by atoms with Crippen molar-refractivity contribution in [3.05, 3.63) is 72.9 Å². The monoisotopic (exact) mass is 1070 g/mol. The molecule has 0 aliphatic rings. The van der Waals surface area contributed by atoms with Crippen molar-refractivity contribution >= 4 is 19.8 Å². The van der Waals surface area contributed by atoms with Crippen LogP contribution in [0.25, 0.3) is 0 Å². The summed E-state index contributed by atoms with van der Waals surface area (Å²) in [5.41, 5.74) is 5.38. The Morgan fingerprint density at radius 1 is 0.413 bits per heavy atom. The van der Waals surface area contributed by atoms with Crippen LogP contribution in [0.2, 0.25) is 0 Å². The number of phosphoric acid groups is 1. The Balaban J connectivity index is 3.90. The van der Waals surface area contributed by atoms with Crippen molar-refractivity contribution in [2.24, 2.45) is 5.73 Å². The standard InChI is InChI=1S/C65H118NO8P/c1-3-5-7-9-11-13-15-17-19-21-23-25-26-27-28-29-30-31-32-33-34-35-36-38-39-41-43-45-47-49-51-53-55-57-64(67)71-61-63(62-73-75(69,70)72-60-59-66)74-65(68)58-56-54-52-50-48-46-44-42-40-37-24-22-20-18-16-14-12-10-8-6-4-2/h6,8,12,14,18,20,24,37,42,44,48,50,63H,3-5,7,9-11,13,15-17,19,21-23,25-36,38-41,43,45-47,49,51-62,66H2,1-2H3,(H,69,70)/b8-6-,14-12-,20-18-,37-24-,44-42-,50-48-. The van der Waals surface area contributed by atoms with Crippen LogP contribution in [0.15, 0.2) is 72.9 Å². The van der Waals surface area contributed by atoms with E-state index in [1.807, 2.05) is 0 Å². The maximum atomic E-state index is 12.7. The number of allylic oxidation sites excluding steroid dienone is 12. The lowest BCUT2D eigenvalue weighted by Gasteiger charge is -2.19. The van der Waals surface area contributed by atoms with Crippen LogP contribution in [0, 0.1) is 0 Å². The molecule has 2 atom stereocenters. The first-order valence-electron chi connectivity index (χ1n) is 31.4. The summed E-state index contributed by atoms with van der Waals surface area (Å²) in [4.78, 5) is 35.2. The molecule has 0 rings (SSSR count). The van der Waals surface area contributed by atoms with Crippen molar-refractivity contribution in [1.29, 1.82) is 0 Å². The lowest BCUT2D eigenvalue weighted by atomic mass is 10.0. The lowest BCUT2D eigenvalue weighted by Crippen LogP contribution is -2.29. The summed E-state index contributed by atoms with van der Waals surface area (Å²) >= 11 is 0. The van der Waals surface area contributed by atoms with Crippen LogP contribution in [-0.2, 0) is 32.7 Å². The van der Waals surface area contributed by atoms with Gasteiger partial charge in [-0.15, -0.1) is 0 Å². The predicted molar refractivity (Wildman–Crippen MR) is 321 cm³/mol. The zero-order valence-electron chi connectivity index (χ0n) is 48.8. The smallest absolute Gasteiger partial charge is 0.462 e. The first kappa shape index (κ1) is 72.5. The zero-order valence-corrected chi connectivity index (χ0v) is 49.7. The zero-order chi connectivity index (χ0) is 54.5. The third kappa shape index (κ3) is 60.5. The average Bonchev–Trinajstić information content (AvgIpc) is 3.40. The minimum atomic E-state index is -4.40. The number of carbonyl (C=O) groups excluding carboxylic acids is 2. The molecule has 0 fully saturated rings. The molecule has 0 radical (unpaired) electrons. The summed E-state index contributed by atoms with van der Waals surface area (Å²) in [5, 5.41) is 0. The number of hydrogen-bond acceptors (Lipinski definition) is 8. The highest BCUT2D eigenvalue weighted by atomic mass is 31.2. The second-order valence-electron chi connectivity index (χ2n) is 20.9. The SMILES string of the molecule is CC/C=C\C/C=C\C/C=C\C/C=C\C/C=C\C/C=C\CCCCC(=O)OC(COC(=O)CCCCCCCCCCCCCCCCCCCCCCCCCCCCCCCCCCC)COP(=O)(O)OCCN. The summed E-state index contributed by atoms with van der Waals surface area (Å²) < 4.78 is 33.0. The van der Waals surface area contributed by atoms with Crippen molar-refractivity contribution in [3.63, 3.8) is 0 Å². The molecule has 0 saturated carbocycles. The molecule has 3 N–H and O–H groups in total. The summed E-state index contributed by atoms with van der Waals surface area (Å²) in [7, 11) is -4.40. The van der Waals surface area contributed by atoms with Crippen LogP contribution in [0.5, 0.6) is 0 Å². The minimum absolute atomic E-state index is 0.0439. The van der Waals surface area contributed by atoms with Gasteiger partial charge in [0, 0.05) is 19.4 Å². The van der Waals surface area contributed by atoms with Gasteiger partial charge in [0.2, 0.25) is 0 Å². The van der Waals surface area contributed by atoms with E-state index in [-0.39, 0.29) is 38.6 Å².